The predicted molar refractivity (Wildman–Crippen MR) is 83.0 cm³/mol. The summed E-state index contributed by atoms with van der Waals surface area (Å²) in [5, 5.41) is 9.41. The Labute approximate surface area is 124 Å². The first-order valence-corrected chi connectivity index (χ1v) is 8.00. The Morgan fingerprint density at radius 2 is 2.30 bits per heavy atom. The monoisotopic (exact) mass is 306 g/mol. The lowest BCUT2D eigenvalue weighted by Gasteiger charge is -2.23. The molecule has 0 aliphatic carbocycles. The van der Waals surface area contributed by atoms with Crippen molar-refractivity contribution in [3.63, 3.8) is 0 Å². The van der Waals surface area contributed by atoms with E-state index in [9.17, 15) is 4.79 Å². The summed E-state index contributed by atoms with van der Waals surface area (Å²) in [5.74, 6) is 0. The van der Waals surface area contributed by atoms with Gasteiger partial charge in [-0.05, 0) is 35.7 Å². The molecule has 1 unspecified atom stereocenters. The van der Waals surface area contributed by atoms with Crippen LogP contribution in [0.2, 0.25) is 0 Å². The maximum atomic E-state index is 11.7. The van der Waals surface area contributed by atoms with Crippen LogP contribution >= 0.6 is 22.7 Å². The Hall–Kier alpha value is -1.73. The number of hydrogen-bond acceptors (Lipinski definition) is 6. The van der Waals surface area contributed by atoms with Crippen molar-refractivity contribution in [2.75, 3.05) is 11.9 Å². The summed E-state index contributed by atoms with van der Waals surface area (Å²) in [4.78, 5) is 18.6. The van der Waals surface area contributed by atoms with Gasteiger partial charge < -0.3 is 4.90 Å². The largest absolute Gasteiger partial charge is 0.347 e. The van der Waals surface area contributed by atoms with Crippen molar-refractivity contribution in [1.82, 2.24) is 14.6 Å². The first-order valence-electron chi connectivity index (χ1n) is 6.24. The molecule has 0 aliphatic rings. The van der Waals surface area contributed by atoms with Gasteiger partial charge >= 0.3 is 0 Å². The molecule has 3 rings (SSSR count). The minimum Gasteiger partial charge on any atom is -0.347 e. The molecule has 7 heteroatoms. The number of fused-ring (bicyclic) bond motifs is 1. The summed E-state index contributed by atoms with van der Waals surface area (Å²) in [7, 11) is 2.00. The molecule has 0 N–H and O–H groups in total. The number of aromatic nitrogens is 3. The van der Waals surface area contributed by atoms with E-state index in [2.05, 4.69) is 38.7 Å². The summed E-state index contributed by atoms with van der Waals surface area (Å²) in [6.07, 6.45) is 2.48. The van der Waals surface area contributed by atoms with Gasteiger partial charge in [0.05, 0.1) is 0 Å². The van der Waals surface area contributed by atoms with E-state index in [1.807, 2.05) is 7.05 Å². The zero-order valence-electron chi connectivity index (χ0n) is 11.2. The molecular formula is C13H14N4OS2. The third kappa shape index (κ3) is 2.46. The molecule has 0 spiro atoms. The molecule has 1 atom stereocenters. The van der Waals surface area contributed by atoms with Crippen molar-refractivity contribution in [3.05, 3.63) is 45.0 Å². The predicted octanol–water partition coefficient (Wildman–Crippen LogP) is 2.28. The van der Waals surface area contributed by atoms with Crippen molar-refractivity contribution in [3.8, 4) is 0 Å². The van der Waals surface area contributed by atoms with E-state index >= 15 is 0 Å². The second-order valence-electron chi connectivity index (χ2n) is 4.66. The van der Waals surface area contributed by atoms with Crippen LogP contribution in [0, 0.1) is 0 Å². The summed E-state index contributed by atoms with van der Waals surface area (Å²) >= 11 is 3.14. The van der Waals surface area contributed by atoms with E-state index in [-0.39, 0.29) is 5.56 Å². The molecule has 0 aliphatic heterocycles. The third-order valence-corrected chi connectivity index (χ3v) is 4.98. The van der Waals surface area contributed by atoms with Gasteiger partial charge in [0.1, 0.15) is 0 Å². The summed E-state index contributed by atoms with van der Waals surface area (Å²) in [5.41, 5.74) is 1.18. The Morgan fingerprint density at radius 3 is 3.00 bits per heavy atom. The number of anilines is 1. The molecule has 3 aromatic heterocycles. The summed E-state index contributed by atoms with van der Waals surface area (Å²) in [6.45, 7) is 2.15. The Balaban J connectivity index is 1.86. The fraction of sp³-hybridized carbons (Fsp3) is 0.308. The molecule has 0 amide bonds. The lowest BCUT2D eigenvalue weighted by molar-refractivity contribution is 0.674. The first kappa shape index (κ1) is 13.3. The van der Waals surface area contributed by atoms with Crippen LogP contribution in [0.3, 0.4) is 0 Å². The van der Waals surface area contributed by atoms with Gasteiger partial charge in [-0.3, -0.25) is 4.79 Å². The molecule has 20 heavy (non-hydrogen) atoms. The van der Waals surface area contributed by atoms with Crippen LogP contribution in [-0.4, -0.2) is 27.7 Å². The minimum absolute atomic E-state index is 0.142. The molecule has 0 saturated heterocycles. The third-order valence-electron chi connectivity index (χ3n) is 3.23. The summed E-state index contributed by atoms with van der Waals surface area (Å²) in [6, 6.07) is 3.87. The van der Waals surface area contributed by atoms with Crippen LogP contribution in [0.1, 0.15) is 12.5 Å². The smallest absolute Gasteiger partial charge is 0.275 e. The quantitative estimate of drug-likeness (QED) is 0.742. The highest BCUT2D eigenvalue weighted by Gasteiger charge is 2.16. The number of rotatable bonds is 4. The van der Waals surface area contributed by atoms with Gasteiger partial charge in [0, 0.05) is 25.4 Å². The van der Waals surface area contributed by atoms with E-state index < -0.39 is 0 Å². The second kappa shape index (κ2) is 5.34. The molecule has 104 valence electrons. The molecule has 3 aromatic rings. The zero-order valence-corrected chi connectivity index (χ0v) is 12.8. The molecule has 0 saturated carbocycles. The van der Waals surface area contributed by atoms with E-state index in [4.69, 9.17) is 0 Å². The Morgan fingerprint density at radius 1 is 1.45 bits per heavy atom. The normalized spacial score (nSPS) is 12.7. The molecule has 0 radical (unpaired) electrons. The van der Waals surface area contributed by atoms with Crippen molar-refractivity contribution in [2.45, 2.75) is 19.4 Å². The second-order valence-corrected chi connectivity index (χ2v) is 6.37. The lowest BCUT2D eigenvalue weighted by Crippen LogP contribution is -2.30. The van der Waals surface area contributed by atoms with E-state index in [0.717, 1.165) is 11.6 Å². The van der Waals surface area contributed by atoms with Gasteiger partial charge in [-0.2, -0.15) is 15.9 Å². The van der Waals surface area contributed by atoms with Crippen LogP contribution in [0.4, 0.5) is 5.13 Å². The van der Waals surface area contributed by atoms with E-state index in [0.29, 0.717) is 11.0 Å². The molecule has 5 nitrogen and oxygen atoms in total. The number of likely N-dealkylation sites (N-methyl/N-ethyl adjacent to an activating group) is 1. The fourth-order valence-electron chi connectivity index (χ4n) is 1.95. The maximum absolute atomic E-state index is 11.7. The molecule has 0 fully saturated rings. The fourth-order valence-corrected chi connectivity index (χ4v) is 3.57. The van der Waals surface area contributed by atoms with Crippen molar-refractivity contribution < 1.29 is 0 Å². The van der Waals surface area contributed by atoms with Crippen LogP contribution in [-0.2, 0) is 6.42 Å². The van der Waals surface area contributed by atoms with Gasteiger partial charge in [-0.1, -0.05) is 11.3 Å². The van der Waals surface area contributed by atoms with Gasteiger partial charge in [0.15, 0.2) is 0 Å². The van der Waals surface area contributed by atoms with Crippen LogP contribution in [0.25, 0.3) is 4.96 Å². The minimum atomic E-state index is -0.142. The average molecular weight is 306 g/mol. The number of nitrogens with zero attached hydrogens (tertiary/aromatic N) is 4. The SMILES string of the molecule is CC(Cc1ccsc1)N(C)c1nn2c(=O)ccnc2s1. The maximum Gasteiger partial charge on any atom is 0.275 e. The lowest BCUT2D eigenvalue weighted by atomic mass is 10.1. The average Bonchev–Trinajstić information content (AvgIpc) is 3.07. The summed E-state index contributed by atoms with van der Waals surface area (Å²) < 4.78 is 1.35. The zero-order chi connectivity index (χ0) is 14.1. The molecule has 0 bridgehead atoms. The van der Waals surface area contributed by atoms with Crippen molar-refractivity contribution in [1.29, 1.82) is 0 Å². The number of hydrogen-bond donors (Lipinski definition) is 0. The Bertz CT molecular complexity index is 762. The highest BCUT2D eigenvalue weighted by molar-refractivity contribution is 7.20. The van der Waals surface area contributed by atoms with E-state index in [1.54, 1.807) is 11.3 Å². The topological polar surface area (TPSA) is 50.5 Å². The standard InChI is InChI=1S/C13H14N4OS2/c1-9(7-10-4-6-19-8-10)16(2)13-15-17-11(18)3-5-14-12(17)20-13/h3-6,8-9H,7H2,1-2H3. The number of thiophene rings is 1. The van der Waals surface area contributed by atoms with Crippen molar-refractivity contribution >= 4 is 32.8 Å². The van der Waals surface area contributed by atoms with Gasteiger partial charge in [-0.25, -0.2) is 4.98 Å². The van der Waals surface area contributed by atoms with Gasteiger partial charge in [-0.15, -0.1) is 5.10 Å². The van der Waals surface area contributed by atoms with Gasteiger partial charge in [0.2, 0.25) is 10.1 Å². The molecule has 3 heterocycles. The van der Waals surface area contributed by atoms with Gasteiger partial charge in [0.25, 0.3) is 5.56 Å². The highest BCUT2D eigenvalue weighted by Crippen LogP contribution is 2.23. The first-order chi connectivity index (χ1) is 9.65. The molecule has 0 aromatic carbocycles. The Kier molecular flexibility index (Phi) is 3.54. The molecular weight excluding hydrogens is 292 g/mol. The van der Waals surface area contributed by atoms with E-state index in [1.165, 1.54) is 33.7 Å². The van der Waals surface area contributed by atoms with Crippen LogP contribution in [0.5, 0.6) is 0 Å². The van der Waals surface area contributed by atoms with Crippen LogP contribution in [0.15, 0.2) is 33.9 Å². The van der Waals surface area contributed by atoms with Crippen LogP contribution < -0.4 is 10.5 Å². The highest BCUT2D eigenvalue weighted by atomic mass is 32.1. The van der Waals surface area contributed by atoms with Crippen molar-refractivity contribution in [2.24, 2.45) is 0 Å².